The van der Waals surface area contributed by atoms with Crippen LogP contribution in [0.3, 0.4) is 0 Å². The van der Waals surface area contributed by atoms with Gasteiger partial charge in [0.05, 0.1) is 12.7 Å². The number of carbonyl (C=O) groups excluding carboxylic acids is 1. The highest BCUT2D eigenvalue weighted by Gasteiger charge is 2.22. The van der Waals surface area contributed by atoms with Gasteiger partial charge in [-0.15, -0.1) is 12.4 Å². The number of hydrogen-bond donors (Lipinski definition) is 1. The number of benzene rings is 1. The van der Waals surface area contributed by atoms with Crippen LogP contribution in [0.5, 0.6) is 0 Å². The second-order valence-corrected chi connectivity index (χ2v) is 6.20. The summed E-state index contributed by atoms with van der Waals surface area (Å²) in [6, 6.07) is 10.5. The van der Waals surface area contributed by atoms with E-state index in [9.17, 15) is 4.79 Å². The van der Waals surface area contributed by atoms with E-state index in [1.807, 2.05) is 17.9 Å². The van der Waals surface area contributed by atoms with Gasteiger partial charge in [0.25, 0.3) is 0 Å². The van der Waals surface area contributed by atoms with Crippen LogP contribution in [0, 0.1) is 0 Å². The van der Waals surface area contributed by atoms with E-state index in [1.165, 1.54) is 5.56 Å². The summed E-state index contributed by atoms with van der Waals surface area (Å²) < 4.78 is 5.96. The molecule has 0 saturated carbocycles. The van der Waals surface area contributed by atoms with Crippen molar-refractivity contribution in [2.24, 2.45) is 5.73 Å². The van der Waals surface area contributed by atoms with E-state index in [2.05, 4.69) is 24.3 Å². The van der Waals surface area contributed by atoms with Crippen molar-refractivity contribution in [3.63, 3.8) is 0 Å². The third-order valence-electron chi connectivity index (χ3n) is 4.20. The number of hydrogen-bond acceptors (Lipinski definition) is 3. The topological polar surface area (TPSA) is 55.6 Å². The summed E-state index contributed by atoms with van der Waals surface area (Å²) in [5.41, 5.74) is 7.02. The van der Waals surface area contributed by atoms with Crippen molar-refractivity contribution in [2.45, 2.75) is 51.2 Å². The molecule has 1 aliphatic rings. The lowest BCUT2D eigenvalue weighted by atomic mass is 10.1. The molecule has 1 saturated heterocycles. The molecule has 2 N–H and O–H groups in total. The Kier molecular flexibility index (Phi) is 9.22. The van der Waals surface area contributed by atoms with Gasteiger partial charge in [-0.25, -0.2) is 0 Å². The molecule has 1 aromatic rings. The van der Waals surface area contributed by atoms with Crippen LogP contribution < -0.4 is 5.73 Å². The normalized spacial score (nSPS) is 16.7. The number of likely N-dealkylation sites (tertiary alicyclic amines) is 1. The Bertz CT molecular complexity index is 446. The molecule has 1 amide bonds. The fourth-order valence-corrected chi connectivity index (χ4v) is 2.77. The lowest BCUT2D eigenvalue weighted by Crippen LogP contribution is -2.41. The molecule has 5 heteroatoms. The fraction of sp³-hybridized carbons (Fsp3) is 0.611. The summed E-state index contributed by atoms with van der Waals surface area (Å²) in [5.74, 6) is 0.236. The Labute approximate surface area is 145 Å². The molecule has 1 aromatic carbocycles. The van der Waals surface area contributed by atoms with E-state index in [0.717, 1.165) is 45.4 Å². The highest BCUT2D eigenvalue weighted by atomic mass is 35.5. The molecule has 0 aromatic heterocycles. The van der Waals surface area contributed by atoms with E-state index in [1.54, 1.807) is 0 Å². The van der Waals surface area contributed by atoms with E-state index in [-0.39, 0.29) is 24.4 Å². The summed E-state index contributed by atoms with van der Waals surface area (Å²) in [6.45, 7) is 4.33. The molecule has 1 unspecified atom stereocenters. The molecule has 0 aliphatic carbocycles. The number of rotatable bonds is 7. The first kappa shape index (κ1) is 19.9. The van der Waals surface area contributed by atoms with Crippen LogP contribution in [0.2, 0.25) is 0 Å². The Morgan fingerprint density at radius 3 is 2.57 bits per heavy atom. The van der Waals surface area contributed by atoms with Gasteiger partial charge >= 0.3 is 0 Å². The number of nitrogens with two attached hydrogens (primary N) is 1. The molecular formula is C18H29ClN2O2. The average Bonchev–Trinajstić information content (AvgIpc) is 2.54. The number of ether oxygens (including phenoxy) is 1. The molecule has 4 nitrogen and oxygen atoms in total. The average molecular weight is 341 g/mol. The van der Waals surface area contributed by atoms with Crippen LogP contribution >= 0.6 is 12.4 Å². The minimum Gasteiger partial charge on any atom is -0.378 e. The number of amides is 1. The molecule has 1 heterocycles. The number of carbonyl (C=O) groups is 1. The van der Waals surface area contributed by atoms with Gasteiger partial charge in [0.15, 0.2) is 0 Å². The van der Waals surface area contributed by atoms with Crippen LogP contribution in [0.4, 0.5) is 0 Å². The first-order valence-electron chi connectivity index (χ1n) is 8.34. The van der Waals surface area contributed by atoms with Crippen LogP contribution in [0.15, 0.2) is 30.3 Å². The number of nitrogens with zero attached hydrogens (tertiary/aromatic N) is 1. The van der Waals surface area contributed by atoms with Gasteiger partial charge in [0.2, 0.25) is 5.91 Å². The molecule has 1 fully saturated rings. The highest BCUT2D eigenvalue weighted by molar-refractivity contribution is 5.85. The molecule has 130 valence electrons. The maximum Gasteiger partial charge on any atom is 0.222 e. The van der Waals surface area contributed by atoms with Crippen molar-refractivity contribution in [1.29, 1.82) is 0 Å². The Morgan fingerprint density at radius 1 is 1.30 bits per heavy atom. The van der Waals surface area contributed by atoms with Crippen molar-refractivity contribution in [3.8, 4) is 0 Å². The van der Waals surface area contributed by atoms with E-state index in [4.69, 9.17) is 10.5 Å². The highest BCUT2D eigenvalue weighted by Crippen LogP contribution is 2.15. The van der Waals surface area contributed by atoms with E-state index in [0.29, 0.717) is 12.5 Å². The van der Waals surface area contributed by atoms with Crippen LogP contribution in [0.1, 0.15) is 38.2 Å². The summed E-state index contributed by atoms with van der Waals surface area (Å²) in [7, 11) is 0. The smallest absolute Gasteiger partial charge is 0.222 e. The zero-order valence-electron chi connectivity index (χ0n) is 13.9. The summed E-state index contributed by atoms with van der Waals surface area (Å²) in [5, 5.41) is 0. The second-order valence-electron chi connectivity index (χ2n) is 6.20. The van der Waals surface area contributed by atoms with Crippen molar-refractivity contribution in [1.82, 2.24) is 4.90 Å². The molecular weight excluding hydrogens is 312 g/mol. The van der Waals surface area contributed by atoms with E-state index < -0.39 is 0 Å². The third kappa shape index (κ3) is 7.34. The first-order valence-corrected chi connectivity index (χ1v) is 8.34. The first-order chi connectivity index (χ1) is 10.6. The third-order valence-corrected chi connectivity index (χ3v) is 4.20. The fourth-order valence-electron chi connectivity index (χ4n) is 2.77. The van der Waals surface area contributed by atoms with Crippen LogP contribution in [-0.2, 0) is 16.0 Å². The van der Waals surface area contributed by atoms with Gasteiger partial charge in [0, 0.05) is 25.6 Å². The SMILES string of the molecule is CC(N)CCC(=O)N1CCC(OCCc2ccccc2)CC1.Cl. The maximum absolute atomic E-state index is 12.0. The molecule has 1 aliphatic heterocycles. The maximum atomic E-state index is 12.0. The zero-order valence-corrected chi connectivity index (χ0v) is 14.8. The van der Waals surface area contributed by atoms with Gasteiger partial charge < -0.3 is 15.4 Å². The Morgan fingerprint density at radius 2 is 1.96 bits per heavy atom. The van der Waals surface area contributed by atoms with Gasteiger partial charge in [-0.05, 0) is 38.2 Å². The van der Waals surface area contributed by atoms with Gasteiger partial charge in [-0.2, -0.15) is 0 Å². The van der Waals surface area contributed by atoms with Crippen LogP contribution in [0.25, 0.3) is 0 Å². The number of piperidine rings is 1. The molecule has 23 heavy (non-hydrogen) atoms. The lowest BCUT2D eigenvalue weighted by Gasteiger charge is -2.32. The van der Waals surface area contributed by atoms with Crippen molar-refractivity contribution in [2.75, 3.05) is 19.7 Å². The predicted molar refractivity (Wildman–Crippen MR) is 95.8 cm³/mol. The molecule has 0 bridgehead atoms. The largest absolute Gasteiger partial charge is 0.378 e. The minimum atomic E-state index is 0. The zero-order chi connectivity index (χ0) is 15.8. The van der Waals surface area contributed by atoms with Gasteiger partial charge in [-0.1, -0.05) is 30.3 Å². The Hall–Kier alpha value is -1.10. The quantitative estimate of drug-likeness (QED) is 0.830. The van der Waals surface area contributed by atoms with E-state index >= 15 is 0 Å². The monoisotopic (exact) mass is 340 g/mol. The standard InChI is InChI=1S/C18H28N2O2.ClH/c1-15(19)7-8-18(21)20-12-9-17(10-13-20)22-14-11-16-5-3-2-4-6-16;/h2-6,15,17H,7-14,19H2,1H3;1H. The lowest BCUT2D eigenvalue weighted by molar-refractivity contribution is -0.134. The molecule has 1 atom stereocenters. The van der Waals surface area contributed by atoms with Crippen LogP contribution in [-0.4, -0.2) is 42.6 Å². The predicted octanol–water partition coefficient (Wildman–Crippen LogP) is 2.79. The van der Waals surface area contributed by atoms with Crippen molar-refractivity contribution < 1.29 is 9.53 Å². The van der Waals surface area contributed by atoms with Crippen molar-refractivity contribution >= 4 is 18.3 Å². The minimum absolute atomic E-state index is 0. The molecule has 0 radical (unpaired) electrons. The molecule has 2 rings (SSSR count). The van der Waals surface area contributed by atoms with Crippen molar-refractivity contribution in [3.05, 3.63) is 35.9 Å². The van der Waals surface area contributed by atoms with Gasteiger partial charge in [-0.3, -0.25) is 4.79 Å². The summed E-state index contributed by atoms with van der Waals surface area (Å²) in [4.78, 5) is 14.0. The molecule has 0 spiro atoms. The number of halogens is 1. The Balaban J connectivity index is 0.00000264. The summed E-state index contributed by atoms with van der Waals surface area (Å²) >= 11 is 0. The van der Waals surface area contributed by atoms with Gasteiger partial charge in [0.1, 0.15) is 0 Å². The second kappa shape index (κ2) is 10.6. The summed E-state index contributed by atoms with van der Waals surface area (Å²) in [6.07, 6.45) is 4.47.